The Hall–Kier alpha value is -1.69. The van der Waals surface area contributed by atoms with Crippen molar-refractivity contribution in [2.24, 2.45) is 5.92 Å². The summed E-state index contributed by atoms with van der Waals surface area (Å²) in [6, 6.07) is 12.4. The molecule has 0 aliphatic carbocycles. The second-order valence-electron chi connectivity index (χ2n) is 7.13. The Morgan fingerprint density at radius 1 is 1.00 bits per heavy atom. The minimum Gasteiger partial charge on any atom is -0.311 e. The van der Waals surface area contributed by atoms with Crippen LogP contribution in [0.25, 0.3) is 10.4 Å². The average molecular weight is 369 g/mol. The number of rotatable bonds is 3. The summed E-state index contributed by atoms with van der Waals surface area (Å²) in [5, 5.41) is 4.27. The van der Waals surface area contributed by atoms with E-state index in [-0.39, 0.29) is 5.56 Å². The molecular weight excluding hydrogens is 348 g/mol. The van der Waals surface area contributed by atoms with Crippen LogP contribution in [0.3, 0.4) is 0 Å². The zero-order chi connectivity index (χ0) is 16.8. The SMILES string of the molecule is O=c1ccc(-c2cccs2)c2n1C[C@@H]1C[C@@H]2CN(Cc2cccs2)C1. The molecule has 128 valence electrons. The van der Waals surface area contributed by atoms with E-state index >= 15 is 0 Å². The molecule has 25 heavy (non-hydrogen) atoms. The van der Waals surface area contributed by atoms with E-state index in [0.29, 0.717) is 11.8 Å². The molecule has 2 atom stereocenters. The highest BCUT2D eigenvalue weighted by Crippen LogP contribution is 2.41. The van der Waals surface area contributed by atoms with Crippen molar-refractivity contribution in [3.05, 3.63) is 68.1 Å². The normalized spacial score (nSPS) is 22.7. The van der Waals surface area contributed by atoms with Gasteiger partial charge < -0.3 is 4.57 Å². The first kappa shape index (κ1) is 15.6. The Morgan fingerprint density at radius 2 is 1.88 bits per heavy atom. The predicted octanol–water partition coefficient (Wildman–Crippen LogP) is 4.26. The molecule has 5 heteroatoms. The molecule has 0 aromatic carbocycles. The molecule has 5 heterocycles. The third-order valence-corrected chi connectivity index (χ3v) is 7.18. The van der Waals surface area contributed by atoms with Gasteiger partial charge in [-0.15, -0.1) is 22.7 Å². The van der Waals surface area contributed by atoms with Crippen molar-refractivity contribution in [3.63, 3.8) is 0 Å². The third kappa shape index (κ3) is 2.80. The predicted molar refractivity (Wildman–Crippen MR) is 104 cm³/mol. The molecule has 2 aliphatic rings. The molecule has 3 aromatic rings. The van der Waals surface area contributed by atoms with Crippen LogP contribution in [0.4, 0.5) is 0 Å². The van der Waals surface area contributed by atoms with Crippen LogP contribution in [-0.4, -0.2) is 22.6 Å². The lowest BCUT2D eigenvalue weighted by molar-refractivity contribution is 0.115. The highest BCUT2D eigenvalue weighted by molar-refractivity contribution is 7.13. The van der Waals surface area contributed by atoms with Crippen LogP contribution in [0.5, 0.6) is 0 Å². The van der Waals surface area contributed by atoms with Crippen LogP contribution in [0, 0.1) is 5.92 Å². The van der Waals surface area contributed by atoms with Crippen molar-refractivity contribution in [1.29, 1.82) is 0 Å². The molecule has 5 rings (SSSR count). The van der Waals surface area contributed by atoms with Gasteiger partial charge in [0.2, 0.25) is 0 Å². The Bertz CT molecular complexity index is 927. The highest BCUT2D eigenvalue weighted by atomic mass is 32.1. The van der Waals surface area contributed by atoms with Gasteiger partial charge in [-0.3, -0.25) is 9.69 Å². The first-order valence-corrected chi connectivity index (χ1v) is 10.6. The number of aromatic nitrogens is 1. The molecule has 0 saturated carbocycles. The molecule has 2 aliphatic heterocycles. The van der Waals surface area contributed by atoms with Gasteiger partial charge in [0.1, 0.15) is 0 Å². The molecule has 0 amide bonds. The standard InChI is InChI=1S/C20H20N2OS2/c23-19-6-5-17(18-4-2-8-25-18)20-15-9-14(11-22(19)20)10-21(12-15)13-16-3-1-7-24-16/h1-8,14-15H,9-13H2/t14-,15-/m1/s1. The molecule has 3 aromatic heterocycles. The number of fused-ring (bicyclic) bond motifs is 4. The summed E-state index contributed by atoms with van der Waals surface area (Å²) in [7, 11) is 0. The van der Waals surface area contributed by atoms with Crippen molar-refractivity contribution >= 4 is 22.7 Å². The summed E-state index contributed by atoms with van der Waals surface area (Å²) < 4.78 is 2.07. The van der Waals surface area contributed by atoms with Crippen LogP contribution < -0.4 is 5.56 Å². The zero-order valence-electron chi connectivity index (χ0n) is 13.9. The summed E-state index contributed by atoms with van der Waals surface area (Å²) in [5.41, 5.74) is 2.69. The number of thiophene rings is 2. The molecule has 0 spiro atoms. The molecule has 0 radical (unpaired) electrons. The first-order chi connectivity index (χ1) is 12.3. The Labute approximate surface area is 155 Å². The van der Waals surface area contributed by atoms with Gasteiger partial charge in [0.15, 0.2) is 0 Å². The zero-order valence-corrected chi connectivity index (χ0v) is 15.6. The number of piperidine rings is 1. The monoisotopic (exact) mass is 368 g/mol. The number of hydrogen-bond donors (Lipinski definition) is 0. The van der Waals surface area contributed by atoms with Crippen molar-refractivity contribution in [2.45, 2.75) is 25.4 Å². The number of nitrogens with zero attached hydrogens (tertiary/aromatic N) is 2. The minimum absolute atomic E-state index is 0.164. The minimum atomic E-state index is 0.164. The Morgan fingerprint density at radius 3 is 2.68 bits per heavy atom. The van der Waals surface area contributed by atoms with Crippen LogP contribution in [-0.2, 0) is 13.1 Å². The maximum absolute atomic E-state index is 12.5. The van der Waals surface area contributed by atoms with E-state index in [1.54, 1.807) is 17.4 Å². The summed E-state index contributed by atoms with van der Waals surface area (Å²) in [6.07, 6.45) is 1.21. The van der Waals surface area contributed by atoms with E-state index in [2.05, 4.69) is 44.5 Å². The number of hydrogen-bond acceptors (Lipinski definition) is 4. The molecule has 0 N–H and O–H groups in total. The molecule has 3 nitrogen and oxygen atoms in total. The van der Waals surface area contributed by atoms with E-state index in [1.807, 2.05) is 17.4 Å². The molecule has 1 saturated heterocycles. The molecule has 0 unspecified atom stereocenters. The van der Waals surface area contributed by atoms with Crippen LogP contribution in [0.15, 0.2) is 52.0 Å². The van der Waals surface area contributed by atoms with E-state index in [0.717, 1.165) is 26.2 Å². The fourth-order valence-corrected chi connectivity index (χ4v) is 6.01. The Kier molecular flexibility index (Phi) is 3.88. The first-order valence-electron chi connectivity index (χ1n) is 8.80. The van der Waals surface area contributed by atoms with Crippen molar-refractivity contribution < 1.29 is 0 Å². The average Bonchev–Trinajstić information content (AvgIpc) is 3.29. The van der Waals surface area contributed by atoms with Gasteiger partial charge in [-0.25, -0.2) is 0 Å². The topological polar surface area (TPSA) is 25.2 Å². The molecule has 1 fully saturated rings. The van der Waals surface area contributed by atoms with E-state index in [4.69, 9.17) is 0 Å². The third-order valence-electron chi connectivity index (χ3n) is 5.41. The lowest BCUT2D eigenvalue weighted by atomic mass is 9.81. The van der Waals surface area contributed by atoms with E-state index in [1.165, 1.54) is 27.4 Å². The van der Waals surface area contributed by atoms with Crippen molar-refractivity contribution in [3.8, 4) is 10.4 Å². The molecule has 2 bridgehead atoms. The summed E-state index contributed by atoms with van der Waals surface area (Å²) >= 11 is 3.60. The highest BCUT2D eigenvalue weighted by Gasteiger charge is 2.36. The van der Waals surface area contributed by atoms with Crippen LogP contribution >= 0.6 is 22.7 Å². The Balaban J connectivity index is 1.53. The summed E-state index contributed by atoms with van der Waals surface area (Å²) in [5.74, 6) is 1.04. The maximum Gasteiger partial charge on any atom is 0.250 e. The lowest BCUT2D eigenvalue weighted by Gasteiger charge is -2.43. The van der Waals surface area contributed by atoms with Gasteiger partial charge in [0, 0.05) is 59.2 Å². The van der Waals surface area contributed by atoms with E-state index in [9.17, 15) is 4.79 Å². The van der Waals surface area contributed by atoms with Gasteiger partial charge in [-0.05, 0) is 41.3 Å². The number of pyridine rings is 1. The number of likely N-dealkylation sites (tertiary alicyclic amines) is 1. The van der Waals surface area contributed by atoms with Crippen LogP contribution in [0.1, 0.15) is 22.9 Å². The summed E-state index contributed by atoms with van der Waals surface area (Å²) in [4.78, 5) is 17.8. The van der Waals surface area contributed by atoms with Gasteiger partial charge in [-0.1, -0.05) is 12.1 Å². The lowest BCUT2D eigenvalue weighted by Crippen LogP contribution is -2.46. The van der Waals surface area contributed by atoms with Gasteiger partial charge in [0.25, 0.3) is 5.56 Å². The fraction of sp³-hybridized carbons (Fsp3) is 0.350. The second-order valence-corrected chi connectivity index (χ2v) is 9.11. The largest absolute Gasteiger partial charge is 0.311 e. The van der Waals surface area contributed by atoms with Crippen molar-refractivity contribution in [1.82, 2.24) is 9.47 Å². The summed E-state index contributed by atoms with van der Waals surface area (Å²) in [6.45, 7) is 4.06. The van der Waals surface area contributed by atoms with Gasteiger partial charge >= 0.3 is 0 Å². The quantitative estimate of drug-likeness (QED) is 0.690. The van der Waals surface area contributed by atoms with Gasteiger partial charge in [0.05, 0.1) is 0 Å². The molecular formula is C20H20N2OS2. The maximum atomic E-state index is 12.5. The second kappa shape index (κ2) is 6.24. The van der Waals surface area contributed by atoms with Crippen LogP contribution in [0.2, 0.25) is 0 Å². The fourth-order valence-electron chi connectivity index (χ4n) is 4.51. The smallest absolute Gasteiger partial charge is 0.250 e. The van der Waals surface area contributed by atoms with Crippen molar-refractivity contribution in [2.75, 3.05) is 13.1 Å². The van der Waals surface area contributed by atoms with E-state index < -0.39 is 0 Å². The van der Waals surface area contributed by atoms with Gasteiger partial charge in [-0.2, -0.15) is 0 Å².